The van der Waals surface area contributed by atoms with E-state index in [0.29, 0.717) is 23.0 Å². The number of rotatable bonds is 4. The summed E-state index contributed by atoms with van der Waals surface area (Å²) in [5.41, 5.74) is 6.60. The number of pyridine rings is 1. The Morgan fingerprint density at radius 3 is 2.84 bits per heavy atom. The second-order valence-electron chi connectivity index (χ2n) is 5.16. The molecule has 1 saturated carbocycles. The maximum absolute atomic E-state index is 11.8. The Morgan fingerprint density at radius 1 is 1.53 bits per heavy atom. The van der Waals surface area contributed by atoms with E-state index in [1.165, 1.54) is 32.8 Å². The first-order chi connectivity index (χ1) is 9.11. The largest absolute Gasteiger partial charge is 0.465 e. The minimum atomic E-state index is -0.395. The third kappa shape index (κ3) is 3.16. The molecule has 0 aromatic carbocycles. The van der Waals surface area contributed by atoms with E-state index in [4.69, 9.17) is 10.5 Å². The van der Waals surface area contributed by atoms with Crippen LogP contribution in [0.2, 0.25) is 0 Å². The predicted octanol–water partition coefficient (Wildman–Crippen LogP) is 2.08. The highest BCUT2D eigenvalue weighted by Gasteiger charge is 2.21. The lowest BCUT2D eigenvalue weighted by atomic mass is 10.1. The van der Waals surface area contributed by atoms with Crippen LogP contribution in [0.4, 0.5) is 11.5 Å². The summed E-state index contributed by atoms with van der Waals surface area (Å²) in [6.07, 6.45) is 6.70. The first kappa shape index (κ1) is 13.6. The molecule has 5 nitrogen and oxygen atoms in total. The molecule has 2 N–H and O–H groups in total. The van der Waals surface area contributed by atoms with Crippen LogP contribution in [-0.4, -0.2) is 31.7 Å². The molecule has 1 aliphatic carbocycles. The van der Waals surface area contributed by atoms with Crippen LogP contribution < -0.4 is 10.6 Å². The average Bonchev–Trinajstić information content (AvgIpc) is 2.90. The smallest absolute Gasteiger partial charge is 0.341 e. The molecule has 0 spiro atoms. The number of nitrogen functional groups attached to an aromatic ring is 1. The number of nitrogens with zero attached hydrogens (tertiary/aromatic N) is 2. The topological polar surface area (TPSA) is 68.5 Å². The van der Waals surface area contributed by atoms with Gasteiger partial charge in [-0.3, -0.25) is 0 Å². The van der Waals surface area contributed by atoms with Crippen molar-refractivity contribution in [3.63, 3.8) is 0 Å². The van der Waals surface area contributed by atoms with Crippen LogP contribution in [0.5, 0.6) is 0 Å². The molecule has 0 radical (unpaired) electrons. The van der Waals surface area contributed by atoms with E-state index in [9.17, 15) is 4.79 Å². The molecule has 2 rings (SSSR count). The Kier molecular flexibility index (Phi) is 4.24. The van der Waals surface area contributed by atoms with E-state index in [2.05, 4.69) is 4.98 Å². The minimum Gasteiger partial charge on any atom is -0.465 e. The van der Waals surface area contributed by atoms with Crippen molar-refractivity contribution in [3.05, 3.63) is 17.8 Å². The molecule has 0 aliphatic heterocycles. The van der Waals surface area contributed by atoms with Crippen molar-refractivity contribution in [2.24, 2.45) is 5.92 Å². The molecular weight excluding hydrogens is 242 g/mol. The van der Waals surface area contributed by atoms with Crippen LogP contribution in [0.1, 0.15) is 36.0 Å². The van der Waals surface area contributed by atoms with E-state index >= 15 is 0 Å². The lowest BCUT2D eigenvalue weighted by molar-refractivity contribution is 0.0601. The predicted molar refractivity (Wildman–Crippen MR) is 75.2 cm³/mol. The van der Waals surface area contributed by atoms with Gasteiger partial charge in [-0.15, -0.1) is 0 Å². The van der Waals surface area contributed by atoms with Crippen molar-refractivity contribution in [2.75, 3.05) is 31.3 Å². The Morgan fingerprint density at radius 2 is 2.21 bits per heavy atom. The van der Waals surface area contributed by atoms with Gasteiger partial charge in [-0.1, -0.05) is 12.8 Å². The quantitative estimate of drug-likeness (QED) is 0.842. The molecule has 0 saturated heterocycles. The Balaban J connectivity index is 2.19. The molecule has 19 heavy (non-hydrogen) atoms. The fourth-order valence-corrected chi connectivity index (χ4v) is 2.70. The number of aromatic nitrogens is 1. The molecule has 5 heteroatoms. The zero-order valence-electron chi connectivity index (χ0n) is 11.6. The van der Waals surface area contributed by atoms with Gasteiger partial charge in [0.1, 0.15) is 11.4 Å². The molecular formula is C14H21N3O2. The van der Waals surface area contributed by atoms with Gasteiger partial charge < -0.3 is 15.4 Å². The van der Waals surface area contributed by atoms with Crippen molar-refractivity contribution >= 4 is 17.5 Å². The number of hydrogen-bond donors (Lipinski definition) is 1. The van der Waals surface area contributed by atoms with Gasteiger partial charge in [0.05, 0.1) is 19.0 Å². The summed E-state index contributed by atoms with van der Waals surface area (Å²) in [6.45, 7) is 0.918. The van der Waals surface area contributed by atoms with Gasteiger partial charge in [0.25, 0.3) is 0 Å². The second-order valence-corrected chi connectivity index (χ2v) is 5.16. The van der Waals surface area contributed by atoms with Crippen LogP contribution in [0, 0.1) is 5.92 Å². The van der Waals surface area contributed by atoms with E-state index < -0.39 is 5.97 Å². The summed E-state index contributed by atoms with van der Waals surface area (Å²) in [7, 11) is 3.33. The third-order valence-corrected chi connectivity index (χ3v) is 3.66. The number of anilines is 2. The molecule has 1 fully saturated rings. The van der Waals surface area contributed by atoms with Crippen molar-refractivity contribution in [2.45, 2.75) is 25.7 Å². The molecule has 1 aromatic heterocycles. The number of nitrogens with two attached hydrogens (primary N) is 1. The molecule has 1 aromatic rings. The lowest BCUT2D eigenvalue weighted by Crippen LogP contribution is -2.27. The van der Waals surface area contributed by atoms with Crippen molar-refractivity contribution in [1.82, 2.24) is 4.98 Å². The molecule has 0 atom stereocenters. The van der Waals surface area contributed by atoms with Crippen LogP contribution in [-0.2, 0) is 4.74 Å². The van der Waals surface area contributed by atoms with E-state index in [1.54, 1.807) is 12.3 Å². The Bertz CT molecular complexity index is 456. The highest BCUT2D eigenvalue weighted by molar-refractivity contribution is 5.95. The highest BCUT2D eigenvalue weighted by atomic mass is 16.5. The maximum Gasteiger partial charge on any atom is 0.341 e. The monoisotopic (exact) mass is 263 g/mol. The van der Waals surface area contributed by atoms with Gasteiger partial charge in [0, 0.05) is 13.6 Å². The number of esters is 1. The number of carbonyl (C=O) groups excluding carboxylic acids is 1. The van der Waals surface area contributed by atoms with Crippen LogP contribution in [0.15, 0.2) is 12.3 Å². The van der Waals surface area contributed by atoms with Crippen LogP contribution in [0.25, 0.3) is 0 Å². The summed E-state index contributed by atoms with van der Waals surface area (Å²) in [5.74, 6) is 0.941. The van der Waals surface area contributed by atoms with Crippen LogP contribution >= 0.6 is 0 Å². The molecule has 0 unspecified atom stereocenters. The number of methoxy groups -OCH3 is 1. The van der Waals surface area contributed by atoms with Gasteiger partial charge in [0.2, 0.25) is 0 Å². The summed E-state index contributed by atoms with van der Waals surface area (Å²) in [5, 5.41) is 0. The minimum absolute atomic E-state index is 0.395. The second kappa shape index (κ2) is 5.91. The fourth-order valence-electron chi connectivity index (χ4n) is 2.70. The fraction of sp³-hybridized carbons (Fsp3) is 0.571. The van der Waals surface area contributed by atoms with Gasteiger partial charge in [-0.05, 0) is 24.8 Å². The zero-order chi connectivity index (χ0) is 13.8. The van der Waals surface area contributed by atoms with Gasteiger partial charge in [0.15, 0.2) is 0 Å². The van der Waals surface area contributed by atoms with Gasteiger partial charge in [-0.2, -0.15) is 0 Å². The van der Waals surface area contributed by atoms with Gasteiger partial charge >= 0.3 is 5.97 Å². The Hall–Kier alpha value is -1.78. The van der Waals surface area contributed by atoms with Gasteiger partial charge in [-0.25, -0.2) is 9.78 Å². The normalized spacial score (nSPS) is 15.5. The highest BCUT2D eigenvalue weighted by Crippen LogP contribution is 2.28. The third-order valence-electron chi connectivity index (χ3n) is 3.66. The standard InChI is InChI=1S/C14H21N3O2/c1-17(9-10-5-3-4-6-10)13-12(14(18)19-2)7-11(15)8-16-13/h7-8,10H,3-6,9,15H2,1-2H3. The van der Waals surface area contributed by atoms with Crippen LogP contribution in [0.3, 0.4) is 0 Å². The zero-order valence-corrected chi connectivity index (χ0v) is 11.6. The average molecular weight is 263 g/mol. The lowest BCUT2D eigenvalue weighted by Gasteiger charge is -2.23. The number of hydrogen-bond acceptors (Lipinski definition) is 5. The van der Waals surface area contributed by atoms with Crippen molar-refractivity contribution < 1.29 is 9.53 Å². The SMILES string of the molecule is COC(=O)c1cc(N)cnc1N(C)CC1CCCC1. The first-order valence-electron chi connectivity index (χ1n) is 6.66. The first-order valence-corrected chi connectivity index (χ1v) is 6.66. The molecule has 0 amide bonds. The molecule has 1 heterocycles. The number of ether oxygens (including phenoxy) is 1. The van der Waals surface area contributed by atoms with E-state index in [-0.39, 0.29) is 0 Å². The van der Waals surface area contributed by atoms with E-state index in [1.807, 2.05) is 11.9 Å². The van der Waals surface area contributed by atoms with E-state index in [0.717, 1.165) is 6.54 Å². The summed E-state index contributed by atoms with van der Waals surface area (Å²) < 4.78 is 4.79. The summed E-state index contributed by atoms with van der Waals surface area (Å²) >= 11 is 0. The van der Waals surface area contributed by atoms with Crippen molar-refractivity contribution in [3.8, 4) is 0 Å². The van der Waals surface area contributed by atoms with Crippen molar-refractivity contribution in [1.29, 1.82) is 0 Å². The Labute approximate surface area is 113 Å². The maximum atomic E-state index is 11.8. The number of carbonyl (C=O) groups is 1. The summed E-state index contributed by atoms with van der Waals surface area (Å²) in [6, 6.07) is 1.62. The molecule has 1 aliphatic rings. The summed E-state index contributed by atoms with van der Waals surface area (Å²) in [4.78, 5) is 18.1. The molecule has 104 valence electrons. The molecule has 0 bridgehead atoms.